The van der Waals surface area contributed by atoms with Crippen molar-refractivity contribution in [3.8, 4) is 11.5 Å². The molecule has 26 heavy (non-hydrogen) atoms. The van der Waals surface area contributed by atoms with Crippen molar-refractivity contribution in [2.75, 3.05) is 0 Å². The number of aromatic nitrogens is 4. The maximum absolute atomic E-state index is 10.1. The Morgan fingerprint density at radius 2 is 1.88 bits per heavy atom. The van der Waals surface area contributed by atoms with Gasteiger partial charge in [-0.15, -0.1) is 5.10 Å². The number of hydrogen-bond acceptors (Lipinski definition) is 5. The number of aliphatic hydroxyl groups excluding tert-OH is 1. The average molecular weight is 349 g/mol. The second-order valence-electron chi connectivity index (χ2n) is 6.87. The van der Waals surface area contributed by atoms with Gasteiger partial charge >= 0.3 is 0 Å². The van der Waals surface area contributed by atoms with Gasteiger partial charge in [0.1, 0.15) is 11.5 Å². The Labute approximate surface area is 152 Å². The number of hydrogen-bond donors (Lipinski definition) is 2. The van der Waals surface area contributed by atoms with Gasteiger partial charge < -0.3 is 10.8 Å². The third-order valence-corrected chi connectivity index (χ3v) is 4.99. The lowest BCUT2D eigenvalue weighted by atomic mass is 10.1. The molecule has 1 fully saturated rings. The number of rotatable bonds is 5. The Hall–Kier alpha value is -2.57. The summed E-state index contributed by atoms with van der Waals surface area (Å²) in [6.45, 7) is 0.737. The second kappa shape index (κ2) is 7.35. The molecule has 0 saturated heterocycles. The molecule has 1 saturated carbocycles. The van der Waals surface area contributed by atoms with E-state index in [1.165, 1.54) is 5.56 Å². The van der Waals surface area contributed by atoms with Gasteiger partial charge in [0.2, 0.25) is 0 Å². The lowest BCUT2D eigenvalue weighted by Gasteiger charge is -2.11. The predicted octanol–water partition coefficient (Wildman–Crippen LogP) is 2.15. The number of aliphatic hydroxyl groups is 1. The van der Waals surface area contributed by atoms with E-state index in [0.29, 0.717) is 12.2 Å². The van der Waals surface area contributed by atoms with Crippen molar-refractivity contribution in [1.82, 2.24) is 19.7 Å². The number of benzene rings is 1. The van der Waals surface area contributed by atoms with E-state index in [0.717, 1.165) is 30.9 Å². The van der Waals surface area contributed by atoms with Gasteiger partial charge in [0.15, 0.2) is 5.82 Å². The Kier molecular flexibility index (Phi) is 4.77. The summed E-state index contributed by atoms with van der Waals surface area (Å²) >= 11 is 0. The van der Waals surface area contributed by atoms with Gasteiger partial charge in [-0.05, 0) is 37.0 Å². The number of nitrogens with two attached hydrogens (primary N) is 1. The van der Waals surface area contributed by atoms with E-state index in [1.54, 1.807) is 6.20 Å². The molecule has 4 rings (SSSR count). The summed E-state index contributed by atoms with van der Waals surface area (Å²) in [6.07, 6.45) is 3.51. The zero-order valence-electron chi connectivity index (χ0n) is 14.6. The number of nitrogens with zero attached hydrogens (tertiary/aromatic N) is 4. The lowest BCUT2D eigenvalue weighted by molar-refractivity contribution is 0.163. The molecule has 1 aliphatic carbocycles. The molecule has 3 aromatic rings. The monoisotopic (exact) mass is 349 g/mol. The molecule has 0 aliphatic heterocycles. The molecule has 1 aliphatic rings. The van der Waals surface area contributed by atoms with Gasteiger partial charge in [-0.1, -0.05) is 36.4 Å². The molecule has 6 nitrogen and oxygen atoms in total. The third kappa shape index (κ3) is 3.52. The van der Waals surface area contributed by atoms with Crippen LogP contribution < -0.4 is 5.73 Å². The van der Waals surface area contributed by atoms with Crippen molar-refractivity contribution in [3.05, 3.63) is 66.1 Å². The summed E-state index contributed by atoms with van der Waals surface area (Å²) in [6, 6.07) is 15.9. The van der Waals surface area contributed by atoms with Gasteiger partial charge in [-0.3, -0.25) is 4.98 Å². The first kappa shape index (κ1) is 16.9. The standard InChI is InChI=1S/C20H23N5O/c21-16-12-15(13-18(16)26)20-23-19(17-8-4-5-10-22-17)24-25(20)11-9-14-6-2-1-3-7-14/h1-8,10,15-16,18,26H,9,11-13,21H2/t15-,16-,18-/m0/s1. The lowest BCUT2D eigenvalue weighted by Crippen LogP contribution is -2.28. The zero-order valence-corrected chi connectivity index (χ0v) is 14.6. The van der Waals surface area contributed by atoms with Crippen molar-refractivity contribution < 1.29 is 5.11 Å². The van der Waals surface area contributed by atoms with Crippen LogP contribution in [0.1, 0.15) is 30.1 Å². The van der Waals surface area contributed by atoms with Crippen LogP contribution >= 0.6 is 0 Å². The molecule has 1 aromatic carbocycles. The Morgan fingerprint density at radius 1 is 1.08 bits per heavy atom. The van der Waals surface area contributed by atoms with E-state index in [1.807, 2.05) is 41.1 Å². The highest BCUT2D eigenvalue weighted by atomic mass is 16.3. The number of aryl methyl sites for hydroxylation is 2. The molecule has 3 N–H and O–H groups in total. The fourth-order valence-electron chi connectivity index (χ4n) is 3.56. The van der Waals surface area contributed by atoms with Crippen LogP contribution in [0.3, 0.4) is 0 Å². The van der Waals surface area contributed by atoms with Gasteiger partial charge in [0, 0.05) is 24.7 Å². The molecule has 0 bridgehead atoms. The summed E-state index contributed by atoms with van der Waals surface area (Å²) in [5.41, 5.74) is 8.04. The predicted molar refractivity (Wildman–Crippen MR) is 99.4 cm³/mol. The fourth-order valence-corrected chi connectivity index (χ4v) is 3.56. The van der Waals surface area contributed by atoms with Crippen LogP contribution in [-0.4, -0.2) is 37.0 Å². The molecular weight excluding hydrogens is 326 g/mol. The van der Waals surface area contributed by atoms with Gasteiger partial charge in [0.05, 0.1) is 6.10 Å². The summed E-state index contributed by atoms with van der Waals surface area (Å²) in [5, 5.41) is 14.8. The first-order valence-corrected chi connectivity index (χ1v) is 9.04. The van der Waals surface area contributed by atoms with Crippen LogP contribution in [0.4, 0.5) is 0 Å². The van der Waals surface area contributed by atoms with Gasteiger partial charge in [-0.25, -0.2) is 9.67 Å². The highest BCUT2D eigenvalue weighted by Gasteiger charge is 2.34. The molecule has 0 unspecified atom stereocenters. The minimum absolute atomic E-state index is 0.126. The molecule has 6 heteroatoms. The Balaban J connectivity index is 1.63. The first-order valence-electron chi connectivity index (χ1n) is 9.04. The van der Waals surface area contributed by atoms with Crippen LogP contribution in [-0.2, 0) is 13.0 Å². The van der Waals surface area contributed by atoms with Crippen molar-refractivity contribution in [3.63, 3.8) is 0 Å². The minimum atomic E-state index is -0.474. The molecule has 0 amide bonds. The largest absolute Gasteiger partial charge is 0.391 e. The maximum atomic E-state index is 10.1. The quantitative estimate of drug-likeness (QED) is 0.737. The Morgan fingerprint density at radius 3 is 2.58 bits per heavy atom. The molecule has 2 heterocycles. The van der Waals surface area contributed by atoms with Crippen molar-refractivity contribution in [2.24, 2.45) is 5.73 Å². The zero-order chi connectivity index (χ0) is 17.9. The van der Waals surface area contributed by atoms with Crippen molar-refractivity contribution in [2.45, 2.75) is 43.9 Å². The first-order chi connectivity index (χ1) is 12.7. The van der Waals surface area contributed by atoms with E-state index in [-0.39, 0.29) is 12.0 Å². The van der Waals surface area contributed by atoms with Crippen LogP contribution in [0.2, 0.25) is 0 Å². The van der Waals surface area contributed by atoms with Crippen molar-refractivity contribution in [1.29, 1.82) is 0 Å². The normalized spacial score (nSPS) is 22.6. The summed E-state index contributed by atoms with van der Waals surface area (Å²) in [5.74, 6) is 1.65. The summed E-state index contributed by atoms with van der Waals surface area (Å²) in [7, 11) is 0. The molecule has 134 valence electrons. The van der Waals surface area contributed by atoms with Crippen molar-refractivity contribution >= 4 is 0 Å². The van der Waals surface area contributed by atoms with Crippen LogP contribution in [0.5, 0.6) is 0 Å². The van der Waals surface area contributed by atoms with E-state index < -0.39 is 6.10 Å². The maximum Gasteiger partial charge on any atom is 0.200 e. The second-order valence-corrected chi connectivity index (χ2v) is 6.87. The van der Waals surface area contributed by atoms with Crippen LogP contribution in [0.25, 0.3) is 11.5 Å². The molecule has 2 aromatic heterocycles. The summed E-state index contributed by atoms with van der Waals surface area (Å²) < 4.78 is 1.96. The topological polar surface area (TPSA) is 89.9 Å². The van der Waals surface area contributed by atoms with Crippen LogP contribution in [0.15, 0.2) is 54.7 Å². The molecular formula is C20H23N5O. The highest BCUT2D eigenvalue weighted by Crippen LogP contribution is 2.33. The third-order valence-electron chi connectivity index (χ3n) is 4.99. The van der Waals surface area contributed by atoms with E-state index in [2.05, 4.69) is 17.1 Å². The van der Waals surface area contributed by atoms with Gasteiger partial charge in [0.25, 0.3) is 0 Å². The van der Waals surface area contributed by atoms with Crippen LogP contribution in [0, 0.1) is 0 Å². The SMILES string of the molecule is N[C@H]1C[C@H](c2nc(-c3ccccn3)nn2CCc2ccccc2)C[C@@H]1O. The Bertz CT molecular complexity index is 839. The summed E-state index contributed by atoms with van der Waals surface area (Å²) in [4.78, 5) is 9.13. The van der Waals surface area contributed by atoms with E-state index >= 15 is 0 Å². The highest BCUT2D eigenvalue weighted by molar-refractivity contribution is 5.48. The minimum Gasteiger partial charge on any atom is -0.391 e. The molecule has 0 spiro atoms. The van der Waals surface area contributed by atoms with E-state index in [9.17, 15) is 5.11 Å². The smallest absolute Gasteiger partial charge is 0.200 e. The molecule has 0 radical (unpaired) electrons. The van der Waals surface area contributed by atoms with Gasteiger partial charge in [-0.2, -0.15) is 0 Å². The molecule has 3 atom stereocenters. The fraction of sp³-hybridized carbons (Fsp3) is 0.350. The van der Waals surface area contributed by atoms with E-state index in [4.69, 9.17) is 15.8 Å². The number of pyridine rings is 1. The average Bonchev–Trinajstić information content (AvgIpc) is 3.25.